The monoisotopic (exact) mass is 423 g/mol. The van der Waals surface area contributed by atoms with Gasteiger partial charge in [0, 0.05) is 16.7 Å². The van der Waals surface area contributed by atoms with Crippen LogP contribution in [0, 0.1) is 0 Å². The lowest BCUT2D eigenvalue weighted by molar-refractivity contribution is -0.173. The molecule has 4 unspecified atom stereocenters. The molecule has 1 aromatic carbocycles. The summed E-state index contributed by atoms with van der Waals surface area (Å²) in [5, 5.41) is 21.4. The standard InChI is InChI=1S/C19H28F3NO4S/c1-3-4-7-15(11-13(2)24)28(27)16-8-5-6-14(12-16)17(25)9-10-23-18(26)19(20,21)22/h5-6,8,12-13,15,17,24-25H,3-4,7,9-11H2,1-2H3,(H,23,26). The number of amides is 1. The third kappa shape index (κ3) is 8.28. The van der Waals surface area contributed by atoms with E-state index in [0.717, 1.165) is 12.8 Å². The van der Waals surface area contributed by atoms with Crippen molar-refractivity contribution in [3.8, 4) is 0 Å². The van der Waals surface area contributed by atoms with Crippen molar-refractivity contribution < 1.29 is 32.4 Å². The Kier molecular flexibility index (Phi) is 10.1. The van der Waals surface area contributed by atoms with Crippen LogP contribution in [0.25, 0.3) is 0 Å². The Bertz CT molecular complexity index is 652. The lowest BCUT2D eigenvalue weighted by Crippen LogP contribution is -2.37. The minimum absolute atomic E-state index is 0.106. The van der Waals surface area contributed by atoms with E-state index in [0.29, 0.717) is 23.3 Å². The van der Waals surface area contributed by atoms with Gasteiger partial charge in [-0.15, -0.1) is 0 Å². The predicted octanol–water partition coefficient (Wildman–Crippen LogP) is 3.23. The van der Waals surface area contributed by atoms with Crippen LogP contribution in [-0.4, -0.2) is 44.4 Å². The second-order valence-electron chi connectivity index (χ2n) is 6.78. The first-order valence-electron chi connectivity index (χ1n) is 9.28. The lowest BCUT2D eigenvalue weighted by atomic mass is 10.1. The summed E-state index contributed by atoms with van der Waals surface area (Å²) in [5.41, 5.74) is 0.415. The SMILES string of the molecule is CCCCC(CC(C)O)S(=O)c1cccc(C(O)CCNC(=O)C(F)(F)F)c1. The van der Waals surface area contributed by atoms with Gasteiger partial charge >= 0.3 is 12.1 Å². The highest BCUT2D eigenvalue weighted by Gasteiger charge is 2.38. The fourth-order valence-corrected chi connectivity index (χ4v) is 4.44. The summed E-state index contributed by atoms with van der Waals surface area (Å²) in [6, 6.07) is 6.44. The lowest BCUT2D eigenvalue weighted by Gasteiger charge is -2.19. The van der Waals surface area contributed by atoms with Crippen LogP contribution in [0.5, 0.6) is 0 Å². The molecule has 160 valence electrons. The number of hydrogen-bond acceptors (Lipinski definition) is 4. The first-order valence-corrected chi connectivity index (χ1v) is 10.5. The van der Waals surface area contributed by atoms with Gasteiger partial charge in [-0.25, -0.2) is 0 Å². The topological polar surface area (TPSA) is 86.6 Å². The molecule has 3 N–H and O–H groups in total. The Morgan fingerprint density at radius 3 is 2.50 bits per heavy atom. The maximum atomic E-state index is 12.9. The van der Waals surface area contributed by atoms with Crippen LogP contribution in [-0.2, 0) is 15.6 Å². The van der Waals surface area contributed by atoms with Gasteiger partial charge in [0.25, 0.3) is 0 Å². The molecule has 1 rings (SSSR count). The highest BCUT2D eigenvalue weighted by molar-refractivity contribution is 7.85. The zero-order valence-electron chi connectivity index (χ0n) is 16.0. The highest BCUT2D eigenvalue weighted by Crippen LogP contribution is 2.24. The van der Waals surface area contributed by atoms with E-state index in [9.17, 15) is 32.4 Å². The smallest absolute Gasteiger partial charge is 0.393 e. The Morgan fingerprint density at radius 1 is 1.25 bits per heavy atom. The van der Waals surface area contributed by atoms with E-state index < -0.39 is 35.1 Å². The Labute approximate surface area is 165 Å². The van der Waals surface area contributed by atoms with Gasteiger partial charge in [0.15, 0.2) is 0 Å². The maximum absolute atomic E-state index is 12.9. The van der Waals surface area contributed by atoms with E-state index >= 15 is 0 Å². The first-order chi connectivity index (χ1) is 13.1. The number of carbonyl (C=O) groups is 1. The van der Waals surface area contributed by atoms with Crippen LogP contribution in [0.4, 0.5) is 13.2 Å². The number of halogens is 3. The molecular formula is C19H28F3NO4S. The summed E-state index contributed by atoms with van der Waals surface area (Å²) in [6.07, 6.45) is -3.84. The van der Waals surface area contributed by atoms with Gasteiger partial charge in [-0.1, -0.05) is 31.9 Å². The first kappa shape index (κ1) is 24.6. The molecule has 0 aromatic heterocycles. The summed E-state index contributed by atoms with van der Waals surface area (Å²) in [5.74, 6) is -2.05. The molecule has 9 heteroatoms. The number of rotatable bonds is 11. The molecule has 1 amide bonds. The third-order valence-corrected chi connectivity index (χ3v) is 5.97. The second-order valence-corrected chi connectivity index (χ2v) is 8.51. The molecule has 0 spiro atoms. The zero-order valence-corrected chi connectivity index (χ0v) is 16.9. The number of carbonyl (C=O) groups excluding carboxylic acids is 1. The van der Waals surface area contributed by atoms with Crippen molar-refractivity contribution in [1.82, 2.24) is 5.32 Å². The van der Waals surface area contributed by atoms with Gasteiger partial charge < -0.3 is 15.5 Å². The minimum atomic E-state index is -4.96. The Morgan fingerprint density at radius 2 is 1.93 bits per heavy atom. The molecule has 0 bridgehead atoms. The number of hydrogen-bond donors (Lipinski definition) is 3. The van der Waals surface area contributed by atoms with Crippen LogP contribution < -0.4 is 5.32 Å². The number of alkyl halides is 3. The molecule has 0 radical (unpaired) electrons. The van der Waals surface area contributed by atoms with Crippen molar-refractivity contribution in [2.24, 2.45) is 0 Å². The van der Waals surface area contributed by atoms with Crippen LogP contribution in [0.1, 0.15) is 57.6 Å². The minimum Gasteiger partial charge on any atom is -0.393 e. The molecule has 0 saturated heterocycles. The van der Waals surface area contributed by atoms with Gasteiger partial charge in [0.05, 0.1) is 23.0 Å². The predicted molar refractivity (Wildman–Crippen MR) is 101 cm³/mol. The van der Waals surface area contributed by atoms with E-state index in [1.807, 2.05) is 6.92 Å². The van der Waals surface area contributed by atoms with Gasteiger partial charge in [0.1, 0.15) is 0 Å². The van der Waals surface area contributed by atoms with Gasteiger partial charge in [0.2, 0.25) is 0 Å². The summed E-state index contributed by atoms with van der Waals surface area (Å²) < 4.78 is 49.4. The van der Waals surface area contributed by atoms with E-state index in [4.69, 9.17) is 0 Å². The second kappa shape index (κ2) is 11.5. The fraction of sp³-hybridized carbons (Fsp3) is 0.632. The molecule has 5 nitrogen and oxygen atoms in total. The maximum Gasteiger partial charge on any atom is 0.471 e. The van der Waals surface area contributed by atoms with E-state index in [-0.39, 0.29) is 18.2 Å². The largest absolute Gasteiger partial charge is 0.471 e. The molecule has 0 heterocycles. The zero-order chi connectivity index (χ0) is 21.3. The molecule has 4 atom stereocenters. The number of aliphatic hydroxyl groups is 2. The third-order valence-electron chi connectivity index (χ3n) is 4.22. The van der Waals surface area contributed by atoms with Crippen molar-refractivity contribution in [3.63, 3.8) is 0 Å². The van der Waals surface area contributed by atoms with E-state index in [1.165, 1.54) is 0 Å². The molecule has 0 aliphatic carbocycles. The Balaban J connectivity index is 2.77. The molecule has 0 aliphatic rings. The van der Waals surface area contributed by atoms with Crippen molar-refractivity contribution >= 4 is 16.7 Å². The van der Waals surface area contributed by atoms with Gasteiger partial charge in [-0.05, 0) is 43.9 Å². The number of benzene rings is 1. The van der Waals surface area contributed by atoms with E-state index in [2.05, 4.69) is 0 Å². The van der Waals surface area contributed by atoms with Crippen molar-refractivity contribution in [2.45, 2.75) is 74.5 Å². The normalized spacial score (nSPS) is 16.2. The Hall–Kier alpha value is -1.45. The van der Waals surface area contributed by atoms with Crippen molar-refractivity contribution in [1.29, 1.82) is 0 Å². The summed E-state index contributed by atoms with van der Waals surface area (Å²) in [6.45, 7) is 3.33. The van der Waals surface area contributed by atoms with Crippen LogP contribution >= 0.6 is 0 Å². The average molecular weight is 423 g/mol. The fourth-order valence-electron chi connectivity index (χ4n) is 2.75. The van der Waals surface area contributed by atoms with Crippen molar-refractivity contribution in [2.75, 3.05) is 6.54 Å². The van der Waals surface area contributed by atoms with E-state index in [1.54, 1.807) is 36.5 Å². The summed E-state index contributed by atoms with van der Waals surface area (Å²) in [4.78, 5) is 11.3. The van der Waals surface area contributed by atoms with Crippen LogP contribution in [0.15, 0.2) is 29.2 Å². The van der Waals surface area contributed by atoms with Crippen LogP contribution in [0.2, 0.25) is 0 Å². The number of aliphatic hydroxyl groups excluding tert-OH is 2. The molecular weight excluding hydrogens is 395 g/mol. The summed E-state index contributed by atoms with van der Waals surface area (Å²) in [7, 11) is -1.38. The molecule has 0 fully saturated rings. The van der Waals surface area contributed by atoms with Gasteiger partial charge in [-0.3, -0.25) is 9.00 Å². The number of unbranched alkanes of at least 4 members (excludes halogenated alkanes) is 1. The van der Waals surface area contributed by atoms with Crippen LogP contribution in [0.3, 0.4) is 0 Å². The molecule has 0 saturated carbocycles. The quantitative estimate of drug-likeness (QED) is 0.510. The average Bonchev–Trinajstić information content (AvgIpc) is 2.63. The highest BCUT2D eigenvalue weighted by atomic mass is 32.2. The molecule has 28 heavy (non-hydrogen) atoms. The summed E-state index contributed by atoms with van der Waals surface area (Å²) >= 11 is 0. The molecule has 0 aliphatic heterocycles. The van der Waals surface area contributed by atoms with Gasteiger partial charge in [-0.2, -0.15) is 13.2 Å². The number of nitrogens with one attached hydrogen (secondary N) is 1. The van der Waals surface area contributed by atoms with Crippen molar-refractivity contribution in [3.05, 3.63) is 29.8 Å². The molecule has 1 aromatic rings.